The zero-order valence-corrected chi connectivity index (χ0v) is 14.9. The van der Waals surface area contributed by atoms with Crippen molar-refractivity contribution >= 4 is 11.6 Å². The Morgan fingerprint density at radius 2 is 1.97 bits per heavy atom. The summed E-state index contributed by atoms with van der Waals surface area (Å²) in [4.78, 5) is 20.1. The lowest BCUT2D eigenvalue weighted by molar-refractivity contribution is -0.116. The monoisotopic (exact) mass is 396 g/mol. The van der Waals surface area contributed by atoms with Gasteiger partial charge in [0, 0.05) is 24.1 Å². The van der Waals surface area contributed by atoms with Crippen LogP contribution >= 0.6 is 0 Å². The molecule has 0 atom stereocenters. The second kappa shape index (κ2) is 7.97. The van der Waals surface area contributed by atoms with Crippen LogP contribution in [-0.2, 0) is 11.2 Å². The van der Waals surface area contributed by atoms with Gasteiger partial charge in [0.05, 0.1) is 0 Å². The number of carbonyl (C=O) groups excluding carboxylic acids is 1. The van der Waals surface area contributed by atoms with Crippen LogP contribution in [0, 0.1) is 11.6 Å². The molecule has 2 aromatic carbocycles. The van der Waals surface area contributed by atoms with E-state index in [1.165, 1.54) is 53.7 Å². The Morgan fingerprint density at radius 3 is 2.69 bits per heavy atom. The number of anilines is 1. The summed E-state index contributed by atoms with van der Waals surface area (Å²) in [6.07, 6.45) is 2.95. The van der Waals surface area contributed by atoms with Crippen molar-refractivity contribution in [3.63, 3.8) is 0 Å². The summed E-state index contributed by atoms with van der Waals surface area (Å²) in [6, 6.07) is 9.93. The minimum absolute atomic E-state index is 0.0670. The molecule has 4 aromatic rings. The van der Waals surface area contributed by atoms with Gasteiger partial charge in [-0.2, -0.15) is 10.1 Å². The highest BCUT2D eigenvalue weighted by atomic mass is 19.1. The summed E-state index contributed by atoms with van der Waals surface area (Å²) in [5.74, 6) is -0.660. The quantitative estimate of drug-likeness (QED) is 0.538. The molecule has 4 rings (SSSR count). The molecule has 0 fully saturated rings. The van der Waals surface area contributed by atoms with E-state index < -0.39 is 5.82 Å². The maximum atomic E-state index is 14.2. The number of carbonyl (C=O) groups is 1. The lowest BCUT2D eigenvalue weighted by Crippen LogP contribution is -2.13. The molecule has 0 spiro atoms. The number of nitrogens with one attached hydrogen (secondary N) is 1. The molecule has 146 valence electrons. The van der Waals surface area contributed by atoms with Crippen LogP contribution in [0.2, 0.25) is 0 Å². The second-order valence-corrected chi connectivity index (χ2v) is 6.07. The molecule has 2 aromatic heterocycles. The predicted molar refractivity (Wildman–Crippen MR) is 98.0 cm³/mol. The van der Waals surface area contributed by atoms with Gasteiger partial charge < -0.3 is 9.84 Å². The van der Waals surface area contributed by atoms with Crippen molar-refractivity contribution in [2.45, 2.75) is 12.8 Å². The van der Waals surface area contributed by atoms with Gasteiger partial charge in [-0.25, -0.2) is 18.4 Å². The third kappa shape index (κ3) is 4.32. The third-order valence-electron chi connectivity index (χ3n) is 4.03. The lowest BCUT2D eigenvalue weighted by Gasteiger charge is -2.07. The molecule has 29 heavy (non-hydrogen) atoms. The first-order chi connectivity index (χ1) is 14.1. The largest absolute Gasteiger partial charge is 0.339 e. The molecule has 0 saturated carbocycles. The van der Waals surface area contributed by atoms with Crippen LogP contribution in [0.3, 0.4) is 0 Å². The zero-order chi connectivity index (χ0) is 20.2. The standard InChI is InChI=1S/C19H14F2N6O2/c20-13-3-1-12(2-4-13)19-25-18(29-26-19)8-7-17(28)24-14-5-6-16(15(21)9-14)27-11-22-10-23-27/h1-6,9-11H,7-8H2,(H,24,28). The average molecular weight is 396 g/mol. The number of hydrogen-bond acceptors (Lipinski definition) is 6. The summed E-state index contributed by atoms with van der Waals surface area (Å²) in [5.41, 5.74) is 1.14. The minimum atomic E-state index is -0.547. The molecule has 1 amide bonds. The third-order valence-corrected chi connectivity index (χ3v) is 4.03. The molecule has 10 heteroatoms. The van der Waals surface area contributed by atoms with Crippen LogP contribution in [-0.4, -0.2) is 30.8 Å². The van der Waals surface area contributed by atoms with E-state index in [9.17, 15) is 13.6 Å². The van der Waals surface area contributed by atoms with Gasteiger partial charge in [-0.3, -0.25) is 4.79 Å². The summed E-state index contributed by atoms with van der Waals surface area (Å²) < 4.78 is 33.6. The van der Waals surface area contributed by atoms with E-state index in [4.69, 9.17) is 4.52 Å². The highest BCUT2D eigenvalue weighted by Gasteiger charge is 2.12. The Hall–Kier alpha value is -3.95. The van der Waals surface area contributed by atoms with E-state index in [2.05, 4.69) is 25.5 Å². The Balaban J connectivity index is 1.35. The molecule has 0 saturated heterocycles. The van der Waals surface area contributed by atoms with E-state index in [-0.39, 0.29) is 36.1 Å². The first-order valence-electron chi connectivity index (χ1n) is 8.61. The Bertz CT molecular complexity index is 1130. The maximum absolute atomic E-state index is 14.2. The van der Waals surface area contributed by atoms with Gasteiger partial charge in [0.2, 0.25) is 17.6 Å². The van der Waals surface area contributed by atoms with Crippen LogP contribution in [0.1, 0.15) is 12.3 Å². The predicted octanol–water partition coefficient (Wildman–Crippen LogP) is 3.17. The van der Waals surface area contributed by atoms with Crippen molar-refractivity contribution in [2.75, 3.05) is 5.32 Å². The summed E-state index contributed by atoms with van der Waals surface area (Å²) >= 11 is 0. The topological polar surface area (TPSA) is 98.7 Å². The highest BCUT2D eigenvalue weighted by Crippen LogP contribution is 2.19. The molecular weight excluding hydrogens is 382 g/mol. The highest BCUT2D eigenvalue weighted by molar-refractivity contribution is 5.90. The van der Waals surface area contributed by atoms with E-state index in [1.807, 2.05) is 0 Å². The first-order valence-corrected chi connectivity index (χ1v) is 8.61. The molecule has 8 nitrogen and oxygen atoms in total. The summed E-state index contributed by atoms with van der Waals surface area (Å²) in [6.45, 7) is 0. The number of nitrogens with zero attached hydrogens (tertiary/aromatic N) is 5. The molecule has 0 bridgehead atoms. The zero-order valence-electron chi connectivity index (χ0n) is 14.9. The second-order valence-electron chi connectivity index (χ2n) is 6.07. The number of rotatable bonds is 6. The summed E-state index contributed by atoms with van der Waals surface area (Å²) in [7, 11) is 0. The van der Waals surface area contributed by atoms with Crippen LogP contribution in [0.4, 0.5) is 14.5 Å². The van der Waals surface area contributed by atoms with Crippen molar-refractivity contribution < 1.29 is 18.1 Å². The molecule has 0 radical (unpaired) electrons. The number of aromatic nitrogens is 5. The number of aryl methyl sites for hydroxylation is 1. The van der Waals surface area contributed by atoms with Crippen LogP contribution < -0.4 is 5.32 Å². The van der Waals surface area contributed by atoms with Crippen molar-refractivity contribution in [2.24, 2.45) is 0 Å². The van der Waals surface area contributed by atoms with Gasteiger partial charge in [0.25, 0.3) is 0 Å². The lowest BCUT2D eigenvalue weighted by atomic mass is 10.2. The molecule has 0 unspecified atom stereocenters. The van der Waals surface area contributed by atoms with Gasteiger partial charge in [-0.15, -0.1) is 0 Å². The van der Waals surface area contributed by atoms with Gasteiger partial charge in [0.15, 0.2) is 5.82 Å². The Morgan fingerprint density at radius 1 is 1.14 bits per heavy atom. The van der Waals surface area contributed by atoms with E-state index in [0.29, 0.717) is 17.1 Å². The van der Waals surface area contributed by atoms with Crippen molar-refractivity contribution in [1.82, 2.24) is 24.9 Å². The fourth-order valence-electron chi connectivity index (χ4n) is 2.62. The van der Waals surface area contributed by atoms with Crippen molar-refractivity contribution in [3.05, 3.63) is 72.6 Å². The van der Waals surface area contributed by atoms with Crippen molar-refractivity contribution in [1.29, 1.82) is 0 Å². The molecular formula is C19H14F2N6O2. The number of amides is 1. The normalized spacial score (nSPS) is 10.8. The molecule has 0 aliphatic heterocycles. The smallest absolute Gasteiger partial charge is 0.227 e. The van der Waals surface area contributed by atoms with Gasteiger partial charge in [-0.1, -0.05) is 5.16 Å². The number of hydrogen-bond donors (Lipinski definition) is 1. The van der Waals surface area contributed by atoms with Gasteiger partial charge in [0.1, 0.15) is 24.2 Å². The van der Waals surface area contributed by atoms with Gasteiger partial charge >= 0.3 is 0 Å². The molecule has 1 N–H and O–H groups in total. The number of benzene rings is 2. The number of halogens is 2. The summed E-state index contributed by atoms with van der Waals surface area (Å²) in [5, 5.41) is 10.3. The first kappa shape index (κ1) is 18.4. The van der Waals surface area contributed by atoms with Crippen LogP contribution in [0.15, 0.2) is 59.6 Å². The fraction of sp³-hybridized carbons (Fsp3) is 0.105. The molecule has 0 aliphatic carbocycles. The van der Waals surface area contributed by atoms with Crippen LogP contribution in [0.5, 0.6) is 0 Å². The SMILES string of the molecule is O=C(CCc1nc(-c2ccc(F)cc2)no1)Nc1ccc(-n2cncn2)c(F)c1. The maximum Gasteiger partial charge on any atom is 0.227 e. The molecule has 0 aliphatic rings. The van der Waals surface area contributed by atoms with E-state index in [1.54, 1.807) is 6.07 Å². The van der Waals surface area contributed by atoms with E-state index >= 15 is 0 Å². The Kier molecular flexibility index (Phi) is 5.06. The van der Waals surface area contributed by atoms with Gasteiger partial charge in [-0.05, 0) is 42.5 Å². The Labute approximate surface area is 163 Å². The van der Waals surface area contributed by atoms with E-state index in [0.717, 1.165) is 0 Å². The average Bonchev–Trinajstić information content (AvgIpc) is 3.39. The fourth-order valence-corrected chi connectivity index (χ4v) is 2.62. The van der Waals surface area contributed by atoms with Crippen molar-refractivity contribution in [3.8, 4) is 17.1 Å². The minimum Gasteiger partial charge on any atom is -0.339 e. The van der Waals surface area contributed by atoms with Crippen LogP contribution in [0.25, 0.3) is 17.1 Å². The molecule has 2 heterocycles.